The van der Waals surface area contributed by atoms with E-state index >= 15 is 0 Å². The average Bonchev–Trinajstić information content (AvgIpc) is 3.32. The lowest BCUT2D eigenvalue weighted by Gasteiger charge is -2.12. The molecule has 0 radical (unpaired) electrons. The maximum atomic E-state index is 6.51. The first-order valence-corrected chi connectivity index (χ1v) is 11.6. The van der Waals surface area contributed by atoms with Crippen LogP contribution in [-0.2, 0) is 13.2 Å². The second-order valence-electron chi connectivity index (χ2n) is 8.08. The van der Waals surface area contributed by atoms with Gasteiger partial charge in [-0.05, 0) is 74.6 Å². The first-order valence-electron chi connectivity index (χ1n) is 11.2. The highest BCUT2D eigenvalue weighted by Gasteiger charge is 2.11. The van der Waals surface area contributed by atoms with Crippen molar-refractivity contribution in [3.05, 3.63) is 95.2 Å². The van der Waals surface area contributed by atoms with E-state index in [9.17, 15) is 0 Å². The summed E-state index contributed by atoms with van der Waals surface area (Å²) in [7, 11) is 1.89. The zero-order valence-corrected chi connectivity index (χ0v) is 20.1. The molecular formula is C27H24ClN5O2. The Bertz CT molecular complexity index is 1480. The average molecular weight is 486 g/mol. The molecule has 0 spiro atoms. The molecule has 0 aliphatic carbocycles. The summed E-state index contributed by atoms with van der Waals surface area (Å²) in [6.45, 7) is 2.97. The summed E-state index contributed by atoms with van der Waals surface area (Å²) < 4.78 is 11.8. The monoisotopic (exact) mass is 485 g/mol. The number of pyridine rings is 1. The SMILES string of the molecule is CNCc1ccc(-c2ccc3ncnc(Nc4ccc(OCc5cccc(C)n5)c(Cl)c4)c3c2)o1. The third-order valence-corrected chi connectivity index (χ3v) is 5.74. The van der Waals surface area contributed by atoms with Crippen LogP contribution < -0.4 is 15.4 Å². The Morgan fingerprint density at radius 1 is 1.00 bits per heavy atom. The number of rotatable bonds is 8. The highest BCUT2D eigenvalue weighted by Crippen LogP contribution is 2.32. The molecule has 2 aromatic carbocycles. The van der Waals surface area contributed by atoms with E-state index in [0.29, 0.717) is 29.7 Å². The van der Waals surface area contributed by atoms with Crippen molar-refractivity contribution in [2.75, 3.05) is 12.4 Å². The molecular weight excluding hydrogens is 462 g/mol. The number of anilines is 2. The minimum Gasteiger partial charge on any atom is -0.486 e. The van der Waals surface area contributed by atoms with Crippen LogP contribution >= 0.6 is 11.6 Å². The fraction of sp³-hybridized carbons (Fsp3) is 0.148. The van der Waals surface area contributed by atoms with Crippen molar-refractivity contribution < 1.29 is 9.15 Å². The summed E-state index contributed by atoms with van der Waals surface area (Å²) in [5.74, 6) is 2.93. The van der Waals surface area contributed by atoms with Gasteiger partial charge in [0.1, 0.15) is 36.0 Å². The highest BCUT2D eigenvalue weighted by molar-refractivity contribution is 6.32. The van der Waals surface area contributed by atoms with Crippen LogP contribution in [0.5, 0.6) is 5.75 Å². The Kier molecular flexibility index (Phi) is 6.61. The number of nitrogens with one attached hydrogen (secondary N) is 2. The van der Waals surface area contributed by atoms with E-state index in [2.05, 4.69) is 25.6 Å². The second-order valence-corrected chi connectivity index (χ2v) is 8.49. The topological polar surface area (TPSA) is 85.1 Å². The number of hydrogen-bond acceptors (Lipinski definition) is 7. The molecule has 5 aromatic rings. The van der Waals surface area contributed by atoms with E-state index in [1.807, 2.05) is 80.7 Å². The van der Waals surface area contributed by atoms with Gasteiger partial charge in [-0.25, -0.2) is 9.97 Å². The molecule has 35 heavy (non-hydrogen) atoms. The van der Waals surface area contributed by atoms with E-state index in [1.165, 1.54) is 6.33 Å². The Balaban J connectivity index is 1.37. The van der Waals surface area contributed by atoms with Crippen LogP contribution in [0.4, 0.5) is 11.5 Å². The third kappa shape index (κ3) is 5.26. The van der Waals surface area contributed by atoms with E-state index in [-0.39, 0.29) is 0 Å². The molecule has 7 nitrogen and oxygen atoms in total. The van der Waals surface area contributed by atoms with Gasteiger partial charge in [-0.15, -0.1) is 0 Å². The first kappa shape index (κ1) is 22.8. The molecule has 3 aromatic heterocycles. The quantitative estimate of drug-likeness (QED) is 0.267. The Morgan fingerprint density at radius 3 is 2.74 bits per heavy atom. The zero-order chi connectivity index (χ0) is 24.2. The number of halogens is 1. The summed E-state index contributed by atoms with van der Waals surface area (Å²) in [6.07, 6.45) is 1.54. The lowest BCUT2D eigenvalue weighted by molar-refractivity contribution is 0.301. The van der Waals surface area contributed by atoms with Crippen LogP contribution in [-0.4, -0.2) is 22.0 Å². The minimum atomic E-state index is 0.344. The predicted molar refractivity (Wildman–Crippen MR) is 138 cm³/mol. The molecule has 5 rings (SSSR count). The Morgan fingerprint density at radius 2 is 1.91 bits per heavy atom. The zero-order valence-electron chi connectivity index (χ0n) is 19.4. The van der Waals surface area contributed by atoms with Crippen LogP contribution in [0, 0.1) is 6.92 Å². The standard InChI is InChI=1S/C27H24ClN5O2/c1-17-4-3-5-20(32-17)15-34-26-10-7-19(13-23(26)28)33-27-22-12-18(6-9-24(22)30-16-31-27)25-11-8-21(35-25)14-29-2/h3-13,16,29H,14-15H2,1-2H3,(H,30,31,33). The van der Waals surface area contributed by atoms with Gasteiger partial charge >= 0.3 is 0 Å². The third-order valence-electron chi connectivity index (χ3n) is 5.45. The van der Waals surface area contributed by atoms with Crippen molar-refractivity contribution in [2.24, 2.45) is 0 Å². The van der Waals surface area contributed by atoms with E-state index in [0.717, 1.165) is 45.1 Å². The van der Waals surface area contributed by atoms with Crippen LogP contribution in [0.15, 0.2) is 77.5 Å². The normalized spacial score (nSPS) is 11.1. The van der Waals surface area contributed by atoms with Gasteiger partial charge in [0.15, 0.2) is 0 Å². The van der Waals surface area contributed by atoms with Crippen LogP contribution in [0.25, 0.3) is 22.2 Å². The molecule has 176 valence electrons. The molecule has 8 heteroatoms. The predicted octanol–water partition coefficient (Wildman–Crippen LogP) is 6.29. The maximum absolute atomic E-state index is 6.51. The first-order chi connectivity index (χ1) is 17.1. The molecule has 0 saturated carbocycles. The molecule has 0 fully saturated rings. The van der Waals surface area contributed by atoms with Crippen molar-refractivity contribution in [3.63, 3.8) is 0 Å². The largest absolute Gasteiger partial charge is 0.486 e. The number of ether oxygens (including phenoxy) is 1. The number of hydrogen-bond donors (Lipinski definition) is 2. The van der Waals surface area contributed by atoms with Crippen molar-refractivity contribution in [1.29, 1.82) is 0 Å². The molecule has 0 unspecified atom stereocenters. The van der Waals surface area contributed by atoms with Gasteiger partial charge in [-0.3, -0.25) is 4.98 Å². The molecule has 0 atom stereocenters. The van der Waals surface area contributed by atoms with Gasteiger partial charge in [0.25, 0.3) is 0 Å². The number of aryl methyl sites for hydroxylation is 1. The molecule has 0 aliphatic rings. The minimum absolute atomic E-state index is 0.344. The van der Waals surface area contributed by atoms with Gasteiger partial charge in [0.05, 0.1) is 22.8 Å². The molecule has 0 aliphatic heterocycles. The van der Waals surface area contributed by atoms with Crippen molar-refractivity contribution in [2.45, 2.75) is 20.1 Å². The summed E-state index contributed by atoms with van der Waals surface area (Å²) in [4.78, 5) is 13.3. The number of fused-ring (bicyclic) bond motifs is 1. The van der Waals surface area contributed by atoms with Crippen molar-refractivity contribution >= 4 is 34.0 Å². The summed E-state index contributed by atoms with van der Waals surface area (Å²) >= 11 is 6.51. The number of benzene rings is 2. The lowest BCUT2D eigenvalue weighted by Crippen LogP contribution is -2.03. The van der Waals surface area contributed by atoms with Crippen LogP contribution in [0.3, 0.4) is 0 Å². The van der Waals surface area contributed by atoms with Gasteiger partial charge < -0.3 is 19.8 Å². The van der Waals surface area contributed by atoms with E-state index in [4.69, 9.17) is 20.8 Å². The summed E-state index contributed by atoms with van der Waals surface area (Å²) in [5.41, 5.74) is 4.36. The Labute approximate surface area is 208 Å². The molecule has 3 heterocycles. The van der Waals surface area contributed by atoms with E-state index < -0.39 is 0 Å². The van der Waals surface area contributed by atoms with Crippen LogP contribution in [0.2, 0.25) is 5.02 Å². The Hall–Kier alpha value is -3.94. The number of furan rings is 1. The molecule has 2 N–H and O–H groups in total. The van der Waals surface area contributed by atoms with Gasteiger partial charge in [0.2, 0.25) is 0 Å². The number of aromatic nitrogens is 3. The number of nitrogens with zero attached hydrogens (tertiary/aromatic N) is 3. The van der Waals surface area contributed by atoms with Gasteiger partial charge in [-0.1, -0.05) is 17.7 Å². The van der Waals surface area contributed by atoms with Gasteiger partial charge in [0, 0.05) is 22.3 Å². The molecule has 0 bridgehead atoms. The van der Waals surface area contributed by atoms with E-state index in [1.54, 1.807) is 0 Å². The van der Waals surface area contributed by atoms with Crippen molar-refractivity contribution in [3.8, 4) is 17.1 Å². The molecule has 0 saturated heterocycles. The fourth-order valence-electron chi connectivity index (χ4n) is 3.78. The fourth-order valence-corrected chi connectivity index (χ4v) is 4.01. The maximum Gasteiger partial charge on any atom is 0.141 e. The van der Waals surface area contributed by atoms with Crippen LogP contribution in [0.1, 0.15) is 17.1 Å². The van der Waals surface area contributed by atoms with Gasteiger partial charge in [-0.2, -0.15) is 0 Å². The summed E-state index contributed by atoms with van der Waals surface area (Å²) in [6, 6.07) is 21.3. The highest BCUT2D eigenvalue weighted by atomic mass is 35.5. The van der Waals surface area contributed by atoms with Crippen molar-refractivity contribution in [1.82, 2.24) is 20.3 Å². The smallest absolute Gasteiger partial charge is 0.141 e. The molecule has 0 amide bonds. The second kappa shape index (κ2) is 10.1. The summed E-state index contributed by atoms with van der Waals surface area (Å²) in [5, 5.41) is 7.82. The lowest BCUT2D eigenvalue weighted by atomic mass is 10.1.